The first-order valence-electron chi connectivity index (χ1n) is 9.71. The van der Waals surface area contributed by atoms with Crippen LogP contribution in [0.2, 0.25) is 0 Å². The number of ether oxygens (including phenoxy) is 1. The summed E-state index contributed by atoms with van der Waals surface area (Å²) >= 11 is 0. The SMILES string of the molecule is COc1ccc(-c2cc(C(=O)c3ccc(C(F)(F)F)cc3)n3ccc(C(C)=O)cc23)cc1. The van der Waals surface area contributed by atoms with Crippen molar-refractivity contribution < 1.29 is 27.5 Å². The van der Waals surface area contributed by atoms with Crippen molar-refractivity contribution in [2.75, 3.05) is 7.11 Å². The number of carbonyl (C=O) groups excluding carboxylic acids is 2. The minimum atomic E-state index is -4.48. The zero-order valence-corrected chi connectivity index (χ0v) is 17.2. The van der Waals surface area contributed by atoms with Crippen molar-refractivity contribution in [2.45, 2.75) is 13.1 Å². The average Bonchev–Trinajstić information content (AvgIpc) is 3.17. The lowest BCUT2D eigenvalue weighted by atomic mass is 10.0. The molecule has 0 atom stereocenters. The van der Waals surface area contributed by atoms with Crippen LogP contribution in [0.3, 0.4) is 0 Å². The fourth-order valence-electron chi connectivity index (χ4n) is 3.55. The van der Waals surface area contributed by atoms with Crippen LogP contribution in [0.1, 0.15) is 38.9 Å². The molecule has 0 aliphatic rings. The fraction of sp³-hybridized carbons (Fsp3) is 0.120. The van der Waals surface area contributed by atoms with E-state index in [1.165, 1.54) is 19.1 Å². The van der Waals surface area contributed by atoms with Gasteiger partial charge in [0, 0.05) is 22.9 Å². The van der Waals surface area contributed by atoms with Crippen LogP contribution in [0, 0.1) is 0 Å². The minimum Gasteiger partial charge on any atom is -0.497 e. The van der Waals surface area contributed by atoms with Gasteiger partial charge in [0.2, 0.25) is 5.78 Å². The predicted octanol–water partition coefficient (Wildman–Crippen LogP) is 6.07. The summed E-state index contributed by atoms with van der Waals surface area (Å²) in [5.41, 5.74) is 2.23. The molecular weight excluding hydrogens is 419 g/mol. The second-order valence-corrected chi connectivity index (χ2v) is 7.30. The Labute approximate surface area is 181 Å². The number of alkyl halides is 3. The Morgan fingerprint density at radius 1 is 0.875 bits per heavy atom. The molecule has 4 aromatic rings. The molecule has 7 heteroatoms. The van der Waals surface area contributed by atoms with E-state index in [0.717, 1.165) is 17.7 Å². The lowest BCUT2D eigenvalue weighted by Crippen LogP contribution is -2.08. The second-order valence-electron chi connectivity index (χ2n) is 7.30. The van der Waals surface area contributed by atoms with Crippen LogP contribution in [-0.4, -0.2) is 23.1 Å². The van der Waals surface area contributed by atoms with E-state index in [1.54, 1.807) is 48.0 Å². The van der Waals surface area contributed by atoms with Gasteiger partial charge in [0.15, 0.2) is 5.78 Å². The molecule has 0 aliphatic carbocycles. The Balaban J connectivity index is 1.85. The lowest BCUT2D eigenvalue weighted by Gasteiger charge is -2.08. The zero-order valence-electron chi connectivity index (χ0n) is 17.2. The van der Waals surface area contributed by atoms with Crippen molar-refractivity contribution in [2.24, 2.45) is 0 Å². The van der Waals surface area contributed by atoms with Crippen LogP contribution in [0.4, 0.5) is 13.2 Å². The number of pyridine rings is 1. The van der Waals surface area contributed by atoms with E-state index in [9.17, 15) is 22.8 Å². The van der Waals surface area contributed by atoms with Crippen LogP contribution in [0.5, 0.6) is 5.75 Å². The summed E-state index contributed by atoms with van der Waals surface area (Å²) in [6, 6.07) is 16.3. The van der Waals surface area contributed by atoms with E-state index >= 15 is 0 Å². The Hall–Kier alpha value is -3.87. The zero-order chi connectivity index (χ0) is 23.0. The van der Waals surface area contributed by atoms with Gasteiger partial charge < -0.3 is 9.14 Å². The predicted molar refractivity (Wildman–Crippen MR) is 114 cm³/mol. The van der Waals surface area contributed by atoms with Crippen LogP contribution >= 0.6 is 0 Å². The van der Waals surface area contributed by atoms with Crippen molar-refractivity contribution in [1.82, 2.24) is 4.40 Å². The monoisotopic (exact) mass is 437 g/mol. The highest BCUT2D eigenvalue weighted by atomic mass is 19.4. The van der Waals surface area contributed by atoms with Crippen molar-refractivity contribution in [3.8, 4) is 16.9 Å². The van der Waals surface area contributed by atoms with E-state index in [2.05, 4.69) is 0 Å². The van der Waals surface area contributed by atoms with Gasteiger partial charge >= 0.3 is 6.18 Å². The topological polar surface area (TPSA) is 47.8 Å². The first-order chi connectivity index (χ1) is 15.2. The molecule has 0 amide bonds. The second kappa shape index (κ2) is 8.00. The van der Waals surface area contributed by atoms with E-state index in [1.807, 2.05) is 12.1 Å². The van der Waals surface area contributed by atoms with Crippen molar-refractivity contribution in [3.05, 3.63) is 95.3 Å². The molecule has 2 aromatic carbocycles. The summed E-state index contributed by atoms with van der Waals surface area (Å²) in [5.74, 6) is 0.122. The number of nitrogens with zero attached hydrogens (tertiary/aromatic N) is 1. The molecule has 0 unspecified atom stereocenters. The summed E-state index contributed by atoms with van der Waals surface area (Å²) in [4.78, 5) is 25.1. The lowest BCUT2D eigenvalue weighted by molar-refractivity contribution is -0.137. The number of carbonyl (C=O) groups is 2. The number of halogens is 3. The third kappa shape index (κ3) is 3.89. The molecule has 0 spiro atoms. The Morgan fingerprint density at radius 2 is 1.53 bits per heavy atom. The number of benzene rings is 2. The molecule has 2 aromatic heterocycles. The van der Waals surface area contributed by atoms with Crippen molar-refractivity contribution in [1.29, 1.82) is 0 Å². The van der Waals surface area contributed by atoms with Crippen LogP contribution < -0.4 is 4.74 Å². The van der Waals surface area contributed by atoms with Gasteiger partial charge in [-0.25, -0.2) is 0 Å². The number of hydrogen-bond donors (Lipinski definition) is 0. The molecule has 0 aliphatic heterocycles. The van der Waals surface area contributed by atoms with Crippen molar-refractivity contribution >= 4 is 17.1 Å². The van der Waals surface area contributed by atoms with Crippen LogP contribution in [0.15, 0.2) is 72.9 Å². The molecule has 0 bridgehead atoms. The normalized spacial score (nSPS) is 11.5. The van der Waals surface area contributed by atoms with Gasteiger partial charge in [-0.2, -0.15) is 13.2 Å². The number of fused-ring (bicyclic) bond motifs is 1. The van der Waals surface area contributed by atoms with E-state index in [-0.39, 0.29) is 17.0 Å². The number of hydrogen-bond acceptors (Lipinski definition) is 3. The first kappa shape index (κ1) is 21.4. The molecule has 0 radical (unpaired) electrons. The molecule has 4 nitrogen and oxygen atoms in total. The number of Topliss-reactive ketones (excluding diaryl/α,β-unsaturated/α-hetero) is 1. The van der Waals surface area contributed by atoms with Gasteiger partial charge in [0.25, 0.3) is 0 Å². The van der Waals surface area contributed by atoms with Gasteiger partial charge in [0.1, 0.15) is 5.75 Å². The summed E-state index contributed by atoms with van der Waals surface area (Å²) in [6.45, 7) is 1.45. The number of aromatic nitrogens is 1. The Kier molecular flexibility index (Phi) is 5.34. The molecule has 162 valence electrons. The molecule has 2 heterocycles. The highest BCUT2D eigenvalue weighted by Crippen LogP contribution is 2.32. The summed E-state index contributed by atoms with van der Waals surface area (Å²) < 4.78 is 45.5. The van der Waals surface area contributed by atoms with Gasteiger partial charge in [-0.3, -0.25) is 9.59 Å². The van der Waals surface area contributed by atoms with E-state index in [0.29, 0.717) is 22.4 Å². The van der Waals surface area contributed by atoms with Crippen LogP contribution in [0.25, 0.3) is 16.6 Å². The minimum absolute atomic E-state index is 0.120. The molecule has 32 heavy (non-hydrogen) atoms. The molecule has 0 N–H and O–H groups in total. The first-order valence-corrected chi connectivity index (χ1v) is 9.71. The Bertz CT molecular complexity index is 1320. The summed E-state index contributed by atoms with van der Waals surface area (Å²) in [6.07, 6.45) is -2.86. The number of methoxy groups -OCH3 is 1. The third-order valence-electron chi connectivity index (χ3n) is 5.29. The van der Waals surface area contributed by atoms with Gasteiger partial charge in [0.05, 0.1) is 23.9 Å². The highest BCUT2D eigenvalue weighted by Gasteiger charge is 2.30. The van der Waals surface area contributed by atoms with Crippen molar-refractivity contribution in [3.63, 3.8) is 0 Å². The maximum absolute atomic E-state index is 13.2. The maximum Gasteiger partial charge on any atom is 0.416 e. The van der Waals surface area contributed by atoms with Gasteiger partial charge in [-0.15, -0.1) is 0 Å². The smallest absolute Gasteiger partial charge is 0.416 e. The highest BCUT2D eigenvalue weighted by molar-refractivity contribution is 6.10. The summed E-state index contributed by atoms with van der Waals surface area (Å²) in [5, 5.41) is 0. The van der Waals surface area contributed by atoms with Gasteiger partial charge in [-0.1, -0.05) is 24.3 Å². The standard InChI is InChI=1S/C25H18F3NO3/c1-15(30)18-11-12-29-22(13-18)21(16-5-9-20(32-2)10-6-16)14-23(29)24(31)17-3-7-19(8-4-17)25(26,27)28/h3-14H,1-2H3. The third-order valence-corrected chi connectivity index (χ3v) is 5.29. The average molecular weight is 437 g/mol. The quantitative estimate of drug-likeness (QED) is 0.356. The van der Waals surface area contributed by atoms with Gasteiger partial charge in [-0.05, 0) is 55.0 Å². The largest absolute Gasteiger partial charge is 0.497 e. The summed E-state index contributed by atoms with van der Waals surface area (Å²) in [7, 11) is 1.56. The number of rotatable bonds is 5. The van der Waals surface area contributed by atoms with Crippen LogP contribution in [-0.2, 0) is 6.18 Å². The molecule has 0 fully saturated rings. The van der Waals surface area contributed by atoms with E-state index < -0.39 is 17.5 Å². The molecular formula is C25H18F3NO3. The molecule has 0 saturated carbocycles. The van der Waals surface area contributed by atoms with E-state index in [4.69, 9.17) is 4.74 Å². The molecule has 4 rings (SSSR count). The number of ketones is 2. The molecule has 0 saturated heterocycles. The fourth-order valence-corrected chi connectivity index (χ4v) is 3.55. The maximum atomic E-state index is 13.2. The Morgan fingerprint density at radius 3 is 2.09 bits per heavy atom.